The van der Waals surface area contributed by atoms with E-state index in [2.05, 4.69) is 35.0 Å². The summed E-state index contributed by atoms with van der Waals surface area (Å²) in [5.41, 5.74) is 8.51. The number of nitrogens with one attached hydrogen (secondary N) is 1. The monoisotopic (exact) mass is 438 g/mol. The average molecular weight is 439 g/mol. The molecule has 0 bridgehead atoms. The molecule has 2 aromatic heterocycles. The maximum Gasteiger partial charge on any atom is 0.167 e. The number of aromatic nitrogens is 4. The molecule has 1 saturated heterocycles. The molecule has 1 aliphatic heterocycles. The SMILES string of the molecule is C/N=C\C(=C/N)N1CCN(c2cc(-c3n[nH]c4cc(F)c(OC(C)C)cc34)ncn2)CC1. The number of aliphatic imine (C=N–C) groups is 1. The van der Waals surface area contributed by atoms with Crippen LogP contribution < -0.4 is 15.4 Å². The second kappa shape index (κ2) is 9.21. The van der Waals surface area contributed by atoms with Crippen LogP contribution in [-0.2, 0) is 0 Å². The summed E-state index contributed by atoms with van der Waals surface area (Å²) in [5.74, 6) is 0.579. The first kappa shape index (κ1) is 21.5. The van der Waals surface area contributed by atoms with Crippen molar-refractivity contribution >= 4 is 22.9 Å². The molecule has 9 nitrogen and oxygen atoms in total. The molecule has 1 fully saturated rings. The van der Waals surface area contributed by atoms with Gasteiger partial charge in [0.1, 0.15) is 17.8 Å². The zero-order valence-corrected chi connectivity index (χ0v) is 18.4. The lowest BCUT2D eigenvalue weighted by Crippen LogP contribution is -2.46. The molecule has 168 valence electrons. The van der Waals surface area contributed by atoms with Gasteiger partial charge in [-0.3, -0.25) is 10.1 Å². The molecule has 0 saturated carbocycles. The van der Waals surface area contributed by atoms with Gasteiger partial charge >= 0.3 is 0 Å². The molecule has 3 heterocycles. The van der Waals surface area contributed by atoms with Gasteiger partial charge in [0.2, 0.25) is 0 Å². The molecule has 32 heavy (non-hydrogen) atoms. The van der Waals surface area contributed by atoms with E-state index in [4.69, 9.17) is 10.5 Å². The second-order valence-corrected chi connectivity index (χ2v) is 7.78. The van der Waals surface area contributed by atoms with Crippen LogP contribution in [0.4, 0.5) is 10.2 Å². The van der Waals surface area contributed by atoms with Gasteiger partial charge in [0.25, 0.3) is 0 Å². The molecule has 0 spiro atoms. The maximum atomic E-state index is 14.3. The lowest BCUT2D eigenvalue weighted by Gasteiger charge is -2.36. The minimum atomic E-state index is -0.429. The number of aromatic amines is 1. The zero-order chi connectivity index (χ0) is 22.7. The van der Waals surface area contributed by atoms with Gasteiger partial charge in [-0.05, 0) is 19.9 Å². The third-order valence-corrected chi connectivity index (χ3v) is 5.27. The average Bonchev–Trinajstić information content (AvgIpc) is 3.20. The van der Waals surface area contributed by atoms with Crippen LogP contribution in [0.3, 0.4) is 0 Å². The van der Waals surface area contributed by atoms with Gasteiger partial charge in [-0.15, -0.1) is 0 Å². The van der Waals surface area contributed by atoms with Crippen molar-refractivity contribution in [2.24, 2.45) is 10.7 Å². The fourth-order valence-corrected chi connectivity index (χ4v) is 3.76. The summed E-state index contributed by atoms with van der Waals surface area (Å²) in [6.07, 6.45) is 4.73. The van der Waals surface area contributed by atoms with Crippen molar-refractivity contribution in [3.05, 3.63) is 42.2 Å². The molecule has 10 heteroatoms. The van der Waals surface area contributed by atoms with Crippen LogP contribution in [-0.4, -0.2) is 70.6 Å². The number of rotatable bonds is 6. The Bertz CT molecular complexity index is 1150. The lowest BCUT2D eigenvalue weighted by molar-refractivity contribution is 0.231. The summed E-state index contributed by atoms with van der Waals surface area (Å²) in [6, 6.07) is 4.97. The molecule has 3 aromatic rings. The Labute approximate surface area is 185 Å². The molecular formula is C22H27FN8O. The number of nitrogens with two attached hydrogens (primary N) is 1. The third-order valence-electron chi connectivity index (χ3n) is 5.27. The molecule has 0 unspecified atom stereocenters. The van der Waals surface area contributed by atoms with Crippen LogP contribution in [0.25, 0.3) is 22.3 Å². The van der Waals surface area contributed by atoms with Crippen LogP contribution in [0.5, 0.6) is 5.75 Å². The number of fused-ring (bicyclic) bond motifs is 1. The summed E-state index contributed by atoms with van der Waals surface area (Å²) in [4.78, 5) is 17.3. The zero-order valence-electron chi connectivity index (χ0n) is 18.4. The fourth-order valence-electron chi connectivity index (χ4n) is 3.76. The van der Waals surface area contributed by atoms with Gasteiger partial charge in [-0.1, -0.05) is 0 Å². The van der Waals surface area contributed by atoms with E-state index in [9.17, 15) is 4.39 Å². The van der Waals surface area contributed by atoms with Crippen LogP contribution in [0.2, 0.25) is 0 Å². The summed E-state index contributed by atoms with van der Waals surface area (Å²) >= 11 is 0. The number of anilines is 1. The van der Waals surface area contributed by atoms with Gasteiger partial charge in [0, 0.05) is 63.2 Å². The molecule has 0 radical (unpaired) electrons. The van der Waals surface area contributed by atoms with Crippen molar-refractivity contribution in [3.8, 4) is 17.1 Å². The van der Waals surface area contributed by atoms with Gasteiger partial charge in [0.05, 0.1) is 23.0 Å². The van der Waals surface area contributed by atoms with Crippen molar-refractivity contribution < 1.29 is 9.13 Å². The molecule has 1 aliphatic rings. The van der Waals surface area contributed by atoms with Gasteiger partial charge in [-0.25, -0.2) is 14.4 Å². The first-order valence-electron chi connectivity index (χ1n) is 10.5. The first-order valence-corrected chi connectivity index (χ1v) is 10.5. The number of H-pyrrole nitrogens is 1. The summed E-state index contributed by atoms with van der Waals surface area (Å²) < 4.78 is 19.9. The van der Waals surface area contributed by atoms with E-state index < -0.39 is 5.82 Å². The van der Waals surface area contributed by atoms with Gasteiger partial charge < -0.3 is 20.3 Å². The highest BCUT2D eigenvalue weighted by Crippen LogP contribution is 2.31. The summed E-state index contributed by atoms with van der Waals surface area (Å²) in [5, 5.41) is 8.01. The van der Waals surface area contributed by atoms with Gasteiger partial charge in [0.15, 0.2) is 11.6 Å². The normalized spacial score (nSPS) is 15.3. The van der Waals surface area contributed by atoms with Crippen LogP contribution in [0, 0.1) is 5.82 Å². The van der Waals surface area contributed by atoms with Crippen molar-refractivity contribution in [2.75, 3.05) is 38.1 Å². The Hall–Kier alpha value is -3.69. The number of hydrogen-bond donors (Lipinski definition) is 2. The maximum absolute atomic E-state index is 14.3. The molecule has 3 N–H and O–H groups in total. The third kappa shape index (κ3) is 4.34. The highest BCUT2D eigenvalue weighted by Gasteiger charge is 2.21. The number of piperazine rings is 1. The van der Waals surface area contributed by atoms with Crippen molar-refractivity contribution in [2.45, 2.75) is 20.0 Å². The van der Waals surface area contributed by atoms with E-state index in [0.717, 1.165) is 43.1 Å². The Morgan fingerprint density at radius 1 is 1.22 bits per heavy atom. The highest BCUT2D eigenvalue weighted by molar-refractivity contribution is 5.93. The van der Waals surface area contributed by atoms with Crippen molar-refractivity contribution in [1.29, 1.82) is 0 Å². The number of nitrogens with zero attached hydrogens (tertiary/aromatic N) is 6. The number of ether oxygens (including phenoxy) is 1. The number of hydrogen-bond acceptors (Lipinski definition) is 8. The largest absolute Gasteiger partial charge is 0.488 e. The lowest BCUT2D eigenvalue weighted by atomic mass is 10.1. The number of allylic oxidation sites excluding steroid dienone is 1. The van der Waals surface area contributed by atoms with Crippen LogP contribution in [0.1, 0.15) is 13.8 Å². The Balaban J connectivity index is 1.58. The second-order valence-electron chi connectivity index (χ2n) is 7.78. The smallest absolute Gasteiger partial charge is 0.167 e. The van der Waals surface area contributed by atoms with E-state index in [1.807, 2.05) is 19.9 Å². The van der Waals surface area contributed by atoms with E-state index in [1.165, 1.54) is 12.4 Å². The van der Waals surface area contributed by atoms with E-state index >= 15 is 0 Å². The Kier molecular flexibility index (Phi) is 6.20. The highest BCUT2D eigenvalue weighted by atomic mass is 19.1. The van der Waals surface area contributed by atoms with Crippen LogP contribution >= 0.6 is 0 Å². The molecular weight excluding hydrogens is 411 g/mol. The predicted molar refractivity (Wildman–Crippen MR) is 123 cm³/mol. The van der Waals surface area contributed by atoms with Crippen molar-refractivity contribution in [3.63, 3.8) is 0 Å². The minimum Gasteiger partial charge on any atom is -0.488 e. The first-order chi connectivity index (χ1) is 15.5. The summed E-state index contributed by atoms with van der Waals surface area (Å²) in [7, 11) is 1.73. The van der Waals surface area contributed by atoms with E-state index in [1.54, 1.807) is 25.5 Å². The standard InChI is InChI=1S/C22H27FN8O/c1-14(2)32-20-8-16-18(9-17(20)23)28-29-22(16)19-10-21(27-13-26-19)31-6-4-30(5-7-31)15(11-24)12-25-3/h8-14H,4-7,24H2,1-3H3,(H,28,29)/b15-11+,25-12-. The number of halogens is 1. The molecule has 1 aromatic carbocycles. The number of benzene rings is 1. The Morgan fingerprint density at radius 2 is 2.00 bits per heavy atom. The summed E-state index contributed by atoms with van der Waals surface area (Å²) in [6.45, 7) is 6.88. The van der Waals surface area contributed by atoms with Crippen LogP contribution in [0.15, 0.2) is 41.4 Å². The fraction of sp³-hybridized carbons (Fsp3) is 0.364. The van der Waals surface area contributed by atoms with E-state index in [-0.39, 0.29) is 11.9 Å². The van der Waals surface area contributed by atoms with Gasteiger partial charge in [-0.2, -0.15) is 5.10 Å². The quantitative estimate of drug-likeness (QED) is 0.570. The molecule has 0 atom stereocenters. The topological polar surface area (TPSA) is 109 Å². The molecule has 4 rings (SSSR count). The van der Waals surface area contributed by atoms with E-state index in [0.29, 0.717) is 16.9 Å². The van der Waals surface area contributed by atoms with Crippen molar-refractivity contribution in [1.82, 2.24) is 25.1 Å². The predicted octanol–water partition coefficient (Wildman–Crippen LogP) is 2.57. The molecule has 0 aliphatic carbocycles. The Morgan fingerprint density at radius 3 is 2.69 bits per heavy atom. The molecule has 0 amide bonds. The minimum absolute atomic E-state index is 0.139.